The molecule has 2 N–H and O–H groups in total. The van der Waals surface area contributed by atoms with Crippen LogP contribution in [0, 0.1) is 5.82 Å². The molecule has 13 heteroatoms. The van der Waals surface area contributed by atoms with Gasteiger partial charge in [-0.2, -0.15) is 12.7 Å². The van der Waals surface area contributed by atoms with E-state index < -0.39 is 38.5 Å². The lowest BCUT2D eigenvalue weighted by atomic mass is 10.3. The average molecular weight is 585 g/mol. The van der Waals surface area contributed by atoms with Gasteiger partial charge in [-0.05, 0) is 60.7 Å². The van der Waals surface area contributed by atoms with Crippen LogP contribution in [0.5, 0.6) is 0 Å². The Morgan fingerprint density at radius 1 is 0.886 bits per heavy atom. The van der Waals surface area contributed by atoms with E-state index in [0.717, 1.165) is 14.8 Å². The van der Waals surface area contributed by atoms with E-state index in [2.05, 4.69) is 26.0 Å². The molecule has 0 aliphatic heterocycles. The fraction of sp³-hybridized carbons (Fsp3) is 0.136. The molecule has 0 aromatic heterocycles. The first-order chi connectivity index (χ1) is 16.4. The molecule has 9 nitrogen and oxygen atoms in total. The Kier molecular flexibility index (Phi) is 8.15. The number of amides is 1. The molecule has 0 unspecified atom stereocenters. The van der Waals surface area contributed by atoms with E-state index in [1.165, 1.54) is 56.6 Å². The van der Waals surface area contributed by atoms with Gasteiger partial charge in [-0.25, -0.2) is 17.1 Å². The number of para-hydroxylation sites is 1. The van der Waals surface area contributed by atoms with Crippen LogP contribution in [0.25, 0.3) is 0 Å². The molecular weight excluding hydrogens is 563 g/mol. The highest BCUT2D eigenvalue weighted by atomic mass is 79.9. The van der Waals surface area contributed by atoms with Gasteiger partial charge in [-0.15, -0.1) is 0 Å². The number of sulfonamides is 1. The number of hydrogen-bond acceptors (Lipinski definition) is 5. The van der Waals surface area contributed by atoms with Crippen LogP contribution in [0.3, 0.4) is 0 Å². The highest BCUT2D eigenvalue weighted by molar-refractivity contribution is 9.10. The summed E-state index contributed by atoms with van der Waals surface area (Å²) in [5, 5.41) is 2.50. The van der Waals surface area contributed by atoms with Gasteiger partial charge in [-0.1, -0.05) is 28.1 Å². The summed E-state index contributed by atoms with van der Waals surface area (Å²) >= 11 is 3.28. The van der Waals surface area contributed by atoms with Gasteiger partial charge in [0.2, 0.25) is 5.91 Å². The second kappa shape index (κ2) is 10.7. The van der Waals surface area contributed by atoms with Crippen molar-refractivity contribution in [1.29, 1.82) is 0 Å². The summed E-state index contributed by atoms with van der Waals surface area (Å²) in [6, 6.07) is 17.1. The van der Waals surface area contributed by atoms with Gasteiger partial charge in [0, 0.05) is 29.9 Å². The van der Waals surface area contributed by atoms with Crippen molar-refractivity contribution in [2.24, 2.45) is 0 Å². The number of hydrogen-bond donors (Lipinski definition) is 2. The minimum Gasteiger partial charge on any atom is -0.325 e. The van der Waals surface area contributed by atoms with E-state index >= 15 is 0 Å². The predicted octanol–water partition coefficient (Wildman–Crippen LogP) is 3.64. The van der Waals surface area contributed by atoms with Crippen molar-refractivity contribution < 1.29 is 26.0 Å². The summed E-state index contributed by atoms with van der Waals surface area (Å²) in [5.74, 6) is -1.55. The number of carbonyl (C=O) groups is 1. The number of nitrogens with zero attached hydrogens (tertiary/aromatic N) is 2. The summed E-state index contributed by atoms with van der Waals surface area (Å²) in [5.41, 5.74) is 0.325. The molecule has 0 aliphatic carbocycles. The molecular formula is C22H22BrFN4O5S2. The summed E-state index contributed by atoms with van der Waals surface area (Å²) in [6.07, 6.45) is 0. The topological polar surface area (TPSA) is 116 Å². The highest BCUT2D eigenvalue weighted by Crippen LogP contribution is 2.24. The second-order valence-corrected chi connectivity index (χ2v) is 12.1. The van der Waals surface area contributed by atoms with Crippen LogP contribution in [-0.4, -0.2) is 47.7 Å². The van der Waals surface area contributed by atoms with Crippen molar-refractivity contribution in [3.8, 4) is 0 Å². The zero-order valence-electron chi connectivity index (χ0n) is 18.6. The van der Waals surface area contributed by atoms with Gasteiger partial charge in [-0.3, -0.25) is 9.52 Å². The highest BCUT2D eigenvalue weighted by Gasteiger charge is 2.29. The van der Waals surface area contributed by atoms with Crippen LogP contribution in [-0.2, 0) is 25.0 Å². The van der Waals surface area contributed by atoms with Crippen LogP contribution in [0.4, 0.5) is 21.5 Å². The van der Waals surface area contributed by atoms with Crippen molar-refractivity contribution in [3.63, 3.8) is 0 Å². The van der Waals surface area contributed by atoms with Crippen LogP contribution in [0.15, 0.2) is 82.2 Å². The lowest BCUT2D eigenvalue weighted by Crippen LogP contribution is -2.44. The third kappa shape index (κ3) is 6.57. The largest absolute Gasteiger partial charge is 0.325 e. The molecule has 3 aromatic carbocycles. The molecule has 0 fully saturated rings. The van der Waals surface area contributed by atoms with Crippen molar-refractivity contribution in [2.45, 2.75) is 4.90 Å². The molecule has 0 atom stereocenters. The molecule has 0 radical (unpaired) electrons. The van der Waals surface area contributed by atoms with E-state index in [1.54, 1.807) is 24.3 Å². The number of nitrogens with one attached hydrogen (secondary N) is 2. The second-order valence-electron chi connectivity index (χ2n) is 7.43. The van der Waals surface area contributed by atoms with E-state index in [1.807, 2.05) is 0 Å². The predicted molar refractivity (Wildman–Crippen MR) is 136 cm³/mol. The zero-order chi connectivity index (χ0) is 25.8. The lowest BCUT2D eigenvalue weighted by Gasteiger charge is -2.27. The van der Waals surface area contributed by atoms with Crippen molar-refractivity contribution in [2.75, 3.05) is 35.0 Å². The smallest absolute Gasteiger partial charge is 0.304 e. The molecule has 186 valence electrons. The zero-order valence-corrected chi connectivity index (χ0v) is 21.9. The van der Waals surface area contributed by atoms with Crippen molar-refractivity contribution in [3.05, 3.63) is 83.1 Å². The molecule has 35 heavy (non-hydrogen) atoms. The van der Waals surface area contributed by atoms with E-state index in [9.17, 15) is 26.0 Å². The first-order valence-electron chi connectivity index (χ1n) is 10.0. The Bertz CT molecular complexity index is 1410. The minimum absolute atomic E-state index is 0.0402. The Labute approximate surface area is 211 Å². The van der Waals surface area contributed by atoms with Crippen LogP contribution in [0.2, 0.25) is 0 Å². The lowest BCUT2D eigenvalue weighted by molar-refractivity contribution is -0.114. The van der Waals surface area contributed by atoms with Gasteiger partial charge < -0.3 is 5.32 Å². The van der Waals surface area contributed by atoms with Gasteiger partial charge in [0.1, 0.15) is 12.4 Å². The molecule has 3 aromatic rings. The normalized spacial score (nSPS) is 11.8. The van der Waals surface area contributed by atoms with Crippen LogP contribution < -0.4 is 14.3 Å². The third-order valence-electron chi connectivity index (χ3n) is 4.69. The third-order valence-corrected chi connectivity index (χ3v) is 8.42. The number of rotatable bonds is 9. The molecule has 3 rings (SSSR count). The Morgan fingerprint density at radius 2 is 1.46 bits per heavy atom. The fourth-order valence-corrected chi connectivity index (χ4v) is 5.32. The maximum atomic E-state index is 14.3. The molecule has 0 aliphatic rings. The van der Waals surface area contributed by atoms with Crippen molar-refractivity contribution >= 4 is 59.1 Å². The first kappa shape index (κ1) is 26.6. The molecule has 0 heterocycles. The monoisotopic (exact) mass is 584 g/mol. The summed E-state index contributed by atoms with van der Waals surface area (Å²) < 4.78 is 69.7. The summed E-state index contributed by atoms with van der Waals surface area (Å²) in [4.78, 5) is 12.6. The van der Waals surface area contributed by atoms with Gasteiger partial charge in [0.15, 0.2) is 0 Å². The van der Waals surface area contributed by atoms with Crippen LogP contribution in [0.1, 0.15) is 0 Å². The number of halogens is 2. The maximum Gasteiger partial charge on any atom is 0.304 e. The van der Waals surface area contributed by atoms with Crippen LogP contribution >= 0.6 is 15.9 Å². The van der Waals surface area contributed by atoms with Gasteiger partial charge in [0.05, 0.1) is 10.6 Å². The minimum atomic E-state index is -4.19. The number of anilines is 3. The summed E-state index contributed by atoms with van der Waals surface area (Å²) in [6.45, 7) is -0.702. The van der Waals surface area contributed by atoms with E-state index in [-0.39, 0.29) is 16.3 Å². The van der Waals surface area contributed by atoms with E-state index in [0.29, 0.717) is 9.99 Å². The molecule has 0 bridgehead atoms. The Morgan fingerprint density at radius 3 is 2.03 bits per heavy atom. The average Bonchev–Trinajstić information content (AvgIpc) is 2.79. The first-order valence-corrected chi connectivity index (χ1v) is 13.7. The van der Waals surface area contributed by atoms with Gasteiger partial charge >= 0.3 is 10.2 Å². The van der Waals surface area contributed by atoms with E-state index in [4.69, 9.17) is 0 Å². The molecule has 0 saturated heterocycles. The van der Waals surface area contributed by atoms with Crippen molar-refractivity contribution in [1.82, 2.24) is 4.31 Å². The number of carbonyl (C=O) groups excluding carboxylic acids is 1. The molecule has 0 spiro atoms. The fourth-order valence-electron chi connectivity index (χ4n) is 2.92. The van der Waals surface area contributed by atoms with Gasteiger partial charge in [0.25, 0.3) is 10.0 Å². The number of benzene rings is 3. The summed E-state index contributed by atoms with van der Waals surface area (Å²) in [7, 11) is -5.53. The molecule has 0 saturated carbocycles. The quantitative estimate of drug-likeness (QED) is 0.398. The Hall–Kier alpha value is -3.00. The maximum absolute atomic E-state index is 14.3. The Balaban J connectivity index is 1.75. The molecule has 1 amide bonds. The standard InChI is InChI=1S/C22H22BrFN4O5S2/c1-27(2)35(32,33)28(21-6-4-3-5-20(21)24)15-22(29)25-17-11-13-19(14-12-17)34(30,31)26-18-9-7-16(23)8-10-18/h3-14,26H,15H2,1-2H3,(H,25,29). The SMILES string of the molecule is CN(C)S(=O)(=O)N(CC(=O)Nc1ccc(S(=O)(=O)Nc2ccc(Br)cc2)cc1)c1ccccc1F.